The smallest absolute Gasteiger partial charge is 0.254 e. The fourth-order valence-corrected chi connectivity index (χ4v) is 1.56. The summed E-state index contributed by atoms with van der Waals surface area (Å²) in [6.07, 6.45) is 0.641. The number of hydrogen-bond acceptors (Lipinski definition) is 4. The number of nitrogens with one attached hydrogen (secondary N) is 1. The van der Waals surface area contributed by atoms with E-state index >= 15 is 0 Å². The molecule has 5 heteroatoms. The molecule has 0 radical (unpaired) electrons. The van der Waals surface area contributed by atoms with E-state index in [9.17, 15) is 4.79 Å². The van der Waals surface area contributed by atoms with Crippen LogP contribution >= 0.6 is 0 Å². The first-order valence-corrected chi connectivity index (χ1v) is 5.73. The first kappa shape index (κ1) is 12.2. The molecule has 3 N–H and O–H groups in total. The summed E-state index contributed by atoms with van der Waals surface area (Å²) >= 11 is 0. The van der Waals surface area contributed by atoms with E-state index in [1.807, 2.05) is 13.8 Å². The standard InChI is InChI=1S/C13H15N3O2/c1-3-11-15-12(17)7-13(16-11)18-10-6-4-5-9(14)8(10)2/h4-7H,3,14H2,1-2H3,(H,15,16,17). The molecule has 1 heterocycles. The van der Waals surface area contributed by atoms with Gasteiger partial charge in [-0.15, -0.1) is 0 Å². The van der Waals surface area contributed by atoms with Crippen LogP contribution in [-0.2, 0) is 6.42 Å². The molecule has 5 nitrogen and oxygen atoms in total. The topological polar surface area (TPSA) is 81.0 Å². The van der Waals surface area contributed by atoms with Gasteiger partial charge >= 0.3 is 0 Å². The molecule has 2 aromatic rings. The van der Waals surface area contributed by atoms with Gasteiger partial charge in [0.1, 0.15) is 11.6 Å². The van der Waals surface area contributed by atoms with Gasteiger partial charge in [0.2, 0.25) is 5.88 Å². The van der Waals surface area contributed by atoms with Gasteiger partial charge in [-0.1, -0.05) is 13.0 Å². The van der Waals surface area contributed by atoms with Crippen molar-refractivity contribution in [3.05, 3.63) is 46.0 Å². The molecular weight excluding hydrogens is 230 g/mol. The second kappa shape index (κ2) is 4.91. The molecule has 94 valence electrons. The molecule has 0 spiro atoms. The Morgan fingerprint density at radius 3 is 2.94 bits per heavy atom. The van der Waals surface area contributed by atoms with E-state index in [1.54, 1.807) is 18.2 Å². The van der Waals surface area contributed by atoms with Gasteiger partial charge in [0.25, 0.3) is 5.56 Å². The van der Waals surface area contributed by atoms with Crippen molar-refractivity contribution >= 4 is 5.69 Å². The Kier molecular flexibility index (Phi) is 3.32. The van der Waals surface area contributed by atoms with Gasteiger partial charge in [-0.2, -0.15) is 4.98 Å². The molecule has 0 bridgehead atoms. The van der Waals surface area contributed by atoms with Crippen LogP contribution in [0.2, 0.25) is 0 Å². The van der Waals surface area contributed by atoms with Crippen LogP contribution in [0, 0.1) is 6.92 Å². The maximum Gasteiger partial charge on any atom is 0.254 e. The third-order valence-electron chi connectivity index (χ3n) is 2.64. The number of aryl methyl sites for hydroxylation is 1. The molecule has 0 amide bonds. The van der Waals surface area contributed by atoms with E-state index in [1.165, 1.54) is 6.07 Å². The second-order valence-corrected chi connectivity index (χ2v) is 3.96. The molecule has 0 fully saturated rings. The number of nitrogens with two attached hydrogens (primary N) is 1. The highest BCUT2D eigenvalue weighted by atomic mass is 16.5. The van der Waals surface area contributed by atoms with Crippen LogP contribution in [0.25, 0.3) is 0 Å². The third-order valence-corrected chi connectivity index (χ3v) is 2.64. The monoisotopic (exact) mass is 245 g/mol. The SMILES string of the molecule is CCc1nc(Oc2cccc(N)c2C)cc(=O)[nH]1. The molecule has 0 saturated carbocycles. The second-order valence-electron chi connectivity index (χ2n) is 3.96. The zero-order valence-electron chi connectivity index (χ0n) is 10.4. The van der Waals surface area contributed by atoms with Gasteiger partial charge < -0.3 is 15.5 Å². The Morgan fingerprint density at radius 1 is 1.44 bits per heavy atom. The average Bonchev–Trinajstić information content (AvgIpc) is 2.34. The molecule has 0 aliphatic rings. The summed E-state index contributed by atoms with van der Waals surface area (Å²) in [5.41, 5.74) is 7.05. The van der Waals surface area contributed by atoms with E-state index < -0.39 is 0 Å². The maximum absolute atomic E-state index is 11.4. The molecule has 1 aromatic heterocycles. The molecule has 0 aliphatic carbocycles. The normalized spacial score (nSPS) is 10.3. The Bertz CT molecular complexity index is 620. The Labute approximate surface area is 105 Å². The minimum absolute atomic E-state index is 0.224. The van der Waals surface area contributed by atoms with Crippen molar-refractivity contribution in [2.24, 2.45) is 0 Å². The number of rotatable bonds is 3. The average molecular weight is 245 g/mol. The molecule has 0 atom stereocenters. The number of hydrogen-bond donors (Lipinski definition) is 2. The fourth-order valence-electron chi connectivity index (χ4n) is 1.56. The van der Waals surface area contributed by atoms with Crippen LogP contribution in [0.1, 0.15) is 18.3 Å². The molecule has 1 aromatic carbocycles. The van der Waals surface area contributed by atoms with Gasteiger partial charge in [0.05, 0.1) is 6.07 Å². The predicted molar refractivity (Wildman–Crippen MR) is 69.9 cm³/mol. The van der Waals surface area contributed by atoms with E-state index in [2.05, 4.69) is 9.97 Å². The fraction of sp³-hybridized carbons (Fsp3) is 0.231. The summed E-state index contributed by atoms with van der Waals surface area (Å²) in [4.78, 5) is 18.2. The van der Waals surface area contributed by atoms with Gasteiger partial charge in [0, 0.05) is 17.7 Å². The number of anilines is 1. The van der Waals surface area contributed by atoms with Crippen LogP contribution in [0.5, 0.6) is 11.6 Å². The first-order chi connectivity index (χ1) is 8.60. The number of H-pyrrole nitrogens is 1. The first-order valence-electron chi connectivity index (χ1n) is 5.73. The summed E-state index contributed by atoms with van der Waals surface area (Å²) in [6, 6.07) is 6.71. The van der Waals surface area contributed by atoms with Crippen molar-refractivity contribution in [2.45, 2.75) is 20.3 Å². The number of aromatic nitrogens is 2. The van der Waals surface area contributed by atoms with Crippen LogP contribution in [-0.4, -0.2) is 9.97 Å². The van der Waals surface area contributed by atoms with Crippen molar-refractivity contribution < 1.29 is 4.74 Å². The number of benzene rings is 1. The minimum atomic E-state index is -0.224. The third kappa shape index (κ3) is 2.51. The van der Waals surface area contributed by atoms with Crippen molar-refractivity contribution in [3.8, 4) is 11.6 Å². The number of nitrogens with zero attached hydrogens (tertiary/aromatic N) is 1. The lowest BCUT2D eigenvalue weighted by Gasteiger charge is -2.09. The zero-order valence-corrected chi connectivity index (χ0v) is 10.4. The van der Waals surface area contributed by atoms with Crippen molar-refractivity contribution in [2.75, 3.05) is 5.73 Å². The lowest BCUT2D eigenvalue weighted by atomic mass is 10.2. The van der Waals surface area contributed by atoms with E-state index in [0.717, 1.165) is 5.56 Å². The van der Waals surface area contributed by atoms with E-state index in [4.69, 9.17) is 10.5 Å². The van der Waals surface area contributed by atoms with Crippen molar-refractivity contribution in [1.82, 2.24) is 9.97 Å². The van der Waals surface area contributed by atoms with Crippen LogP contribution < -0.4 is 16.0 Å². The number of aromatic amines is 1. The molecule has 0 aliphatic heterocycles. The van der Waals surface area contributed by atoms with Crippen LogP contribution in [0.15, 0.2) is 29.1 Å². The van der Waals surface area contributed by atoms with E-state index in [0.29, 0.717) is 23.7 Å². The zero-order chi connectivity index (χ0) is 13.1. The summed E-state index contributed by atoms with van der Waals surface area (Å²) in [5.74, 6) is 1.48. The summed E-state index contributed by atoms with van der Waals surface area (Å²) < 4.78 is 5.60. The maximum atomic E-state index is 11.4. The van der Waals surface area contributed by atoms with Gasteiger partial charge in [-0.25, -0.2) is 0 Å². The highest BCUT2D eigenvalue weighted by Gasteiger charge is 2.06. The predicted octanol–water partition coefficient (Wildman–Crippen LogP) is 2.02. The summed E-state index contributed by atoms with van der Waals surface area (Å²) in [7, 11) is 0. The Hall–Kier alpha value is -2.30. The Morgan fingerprint density at radius 2 is 2.22 bits per heavy atom. The Balaban J connectivity index is 2.37. The van der Waals surface area contributed by atoms with E-state index in [-0.39, 0.29) is 11.4 Å². The molecule has 18 heavy (non-hydrogen) atoms. The van der Waals surface area contributed by atoms with Crippen LogP contribution in [0.4, 0.5) is 5.69 Å². The highest BCUT2D eigenvalue weighted by Crippen LogP contribution is 2.26. The molecule has 2 rings (SSSR count). The highest BCUT2D eigenvalue weighted by molar-refractivity contribution is 5.53. The van der Waals surface area contributed by atoms with Gasteiger partial charge in [-0.05, 0) is 19.1 Å². The van der Waals surface area contributed by atoms with Crippen molar-refractivity contribution in [1.29, 1.82) is 0 Å². The number of nitrogen functional groups attached to an aromatic ring is 1. The van der Waals surface area contributed by atoms with Crippen molar-refractivity contribution in [3.63, 3.8) is 0 Å². The minimum Gasteiger partial charge on any atom is -0.438 e. The van der Waals surface area contributed by atoms with Gasteiger partial charge in [0.15, 0.2) is 0 Å². The van der Waals surface area contributed by atoms with Crippen LogP contribution in [0.3, 0.4) is 0 Å². The lowest BCUT2D eigenvalue weighted by Crippen LogP contribution is -2.10. The van der Waals surface area contributed by atoms with Gasteiger partial charge in [-0.3, -0.25) is 4.79 Å². The molecule has 0 saturated heterocycles. The number of ether oxygens (including phenoxy) is 1. The molecular formula is C13H15N3O2. The molecule has 0 unspecified atom stereocenters. The largest absolute Gasteiger partial charge is 0.438 e. The lowest BCUT2D eigenvalue weighted by molar-refractivity contribution is 0.454. The summed E-state index contributed by atoms with van der Waals surface area (Å²) in [5, 5.41) is 0. The summed E-state index contributed by atoms with van der Waals surface area (Å²) in [6.45, 7) is 3.77. The quantitative estimate of drug-likeness (QED) is 0.810.